The van der Waals surface area contributed by atoms with Gasteiger partial charge in [-0.3, -0.25) is 14.3 Å². The van der Waals surface area contributed by atoms with Gasteiger partial charge >= 0.3 is 0 Å². The van der Waals surface area contributed by atoms with Crippen LogP contribution >= 0.6 is 0 Å². The molecule has 6 heteroatoms. The molecular formula is C17H22N4O2. The van der Waals surface area contributed by atoms with Crippen LogP contribution in [0.3, 0.4) is 0 Å². The second-order valence-electron chi connectivity index (χ2n) is 6.04. The monoisotopic (exact) mass is 314 g/mol. The Bertz CT molecular complexity index is 747. The van der Waals surface area contributed by atoms with Gasteiger partial charge < -0.3 is 9.88 Å². The van der Waals surface area contributed by atoms with Crippen molar-refractivity contribution in [3.05, 3.63) is 52.2 Å². The molecule has 6 nitrogen and oxygen atoms in total. The summed E-state index contributed by atoms with van der Waals surface area (Å²) in [5.74, 6) is 0.134. The standard InChI is InChI=1S/C17H22N4O2/c1-13-4-2-5-16(22)20(13)10-3-8-18-17(23)14-7-11-21-15(12-14)6-9-19-21/h2,4-6,9,14H,3,7-8,10-12H2,1H3,(H,18,23). The number of hydrogen-bond acceptors (Lipinski definition) is 3. The largest absolute Gasteiger partial charge is 0.356 e. The van der Waals surface area contributed by atoms with Gasteiger partial charge in [0.05, 0.1) is 0 Å². The number of nitrogens with one attached hydrogen (secondary N) is 1. The molecular weight excluding hydrogens is 292 g/mol. The van der Waals surface area contributed by atoms with Crippen molar-refractivity contribution in [1.82, 2.24) is 19.7 Å². The first-order valence-corrected chi connectivity index (χ1v) is 8.10. The summed E-state index contributed by atoms with van der Waals surface area (Å²) in [6.45, 7) is 3.95. The van der Waals surface area contributed by atoms with E-state index in [1.54, 1.807) is 22.9 Å². The molecule has 2 aromatic heterocycles. The molecule has 0 aromatic carbocycles. The minimum Gasteiger partial charge on any atom is -0.356 e. The topological polar surface area (TPSA) is 68.9 Å². The summed E-state index contributed by atoms with van der Waals surface area (Å²) in [5.41, 5.74) is 2.09. The van der Waals surface area contributed by atoms with Gasteiger partial charge in [0.2, 0.25) is 5.91 Å². The molecule has 1 aliphatic heterocycles. The molecule has 1 unspecified atom stereocenters. The summed E-state index contributed by atoms with van der Waals surface area (Å²) in [4.78, 5) is 24.0. The molecule has 0 fully saturated rings. The van der Waals surface area contributed by atoms with Crippen LogP contribution in [0, 0.1) is 12.8 Å². The highest BCUT2D eigenvalue weighted by molar-refractivity contribution is 5.78. The fourth-order valence-corrected chi connectivity index (χ4v) is 3.09. The first-order valence-electron chi connectivity index (χ1n) is 8.10. The molecule has 1 atom stereocenters. The highest BCUT2D eigenvalue weighted by Gasteiger charge is 2.24. The van der Waals surface area contributed by atoms with E-state index in [0.717, 1.165) is 37.2 Å². The molecule has 2 aromatic rings. The first-order chi connectivity index (χ1) is 11.1. The van der Waals surface area contributed by atoms with Crippen molar-refractivity contribution < 1.29 is 4.79 Å². The van der Waals surface area contributed by atoms with Crippen molar-refractivity contribution in [3.8, 4) is 0 Å². The minimum absolute atomic E-state index is 0.0110. The maximum atomic E-state index is 12.3. The Morgan fingerprint density at radius 2 is 2.26 bits per heavy atom. The van der Waals surface area contributed by atoms with E-state index in [9.17, 15) is 9.59 Å². The molecule has 3 rings (SSSR count). The third-order valence-corrected chi connectivity index (χ3v) is 4.45. The van der Waals surface area contributed by atoms with Gasteiger partial charge in [0.25, 0.3) is 5.56 Å². The number of amides is 1. The van der Waals surface area contributed by atoms with Crippen molar-refractivity contribution in [2.45, 2.75) is 39.3 Å². The van der Waals surface area contributed by atoms with Crippen LogP contribution < -0.4 is 10.9 Å². The number of rotatable bonds is 5. The lowest BCUT2D eigenvalue weighted by Crippen LogP contribution is -2.36. The van der Waals surface area contributed by atoms with Gasteiger partial charge in [0.15, 0.2) is 0 Å². The van der Waals surface area contributed by atoms with Crippen LogP contribution in [0.15, 0.2) is 35.3 Å². The highest BCUT2D eigenvalue weighted by Crippen LogP contribution is 2.19. The lowest BCUT2D eigenvalue weighted by Gasteiger charge is -2.22. The Kier molecular flexibility index (Phi) is 4.60. The Morgan fingerprint density at radius 1 is 1.39 bits per heavy atom. The molecule has 0 aliphatic carbocycles. The van der Waals surface area contributed by atoms with E-state index in [1.165, 1.54) is 0 Å². The normalized spacial score (nSPS) is 16.8. The summed E-state index contributed by atoms with van der Waals surface area (Å²) < 4.78 is 3.71. The lowest BCUT2D eigenvalue weighted by molar-refractivity contribution is -0.125. The zero-order chi connectivity index (χ0) is 16.2. The summed E-state index contributed by atoms with van der Waals surface area (Å²) in [6, 6.07) is 7.23. The van der Waals surface area contributed by atoms with Gasteiger partial charge in [-0.15, -0.1) is 0 Å². The van der Waals surface area contributed by atoms with E-state index in [0.29, 0.717) is 13.1 Å². The molecule has 0 radical (unpaired) electrons. The van der Waals surface area contributed by atoms with Crippen LogP contribution in [0.1, 0.15) is 24.2 Å². The Hall–Kier alpha value is -2.37. The lowest BCUT2D eigenvalue weighted by atomic mass is 9.95. The molecule has 0 spiro atoms. The van der Waals surface area contributed by atoms with E-state index >= 15 is 0 Å². The average molecular weight is 314 g/mol. The fourth-order valence-electron chi connectivity index (χ4n) is 3.09. The fraction of sp³-hybridized carbons (Fsp3) is 0.471. The van der Waals surface area contributed by atoms with Gasteiger partial charge in [-0.25, -0.2) is 0 Å². The highest BCUT2D eigenvalue weighted by atomic mass is 16.2. The molecule has 0 saturated heterocycles. The first kappa shape index (κ1) is 15.5. The number of hydrogen-bond donors (Lipinski definition) is 1. The van der Waals surface area contributed by atoms with Gasteiger partial charge in [-0.05, 0) is 31.9 Å². The molecule has 0 saturated carbocycles. The predicted molar refractivity (Wildman–Crippen MR) is 87.1 cm³/mol. The van der Waals surface area contributed by atoms with E-state index in [1.807, 2.05) is 23.7 Å². The molecule has 23 heavy (non-hydrogen) atoms. The summed E-state index contributed by atoms with van der Waals surface area (Å²) in [6.07, 6.45) is 4.12. The van der Waals surface area contributed by atoms with Crippen LogP contribution in [0.5, 0.6) is 0 Å². The van der Waals surface area contributed by atoms with Crippen molar-refractivity contribution in [2.75, 3.05) is 6.54 Å². The SMILES string of the molecule is Cc1cccc(=O)n1CCCNC(=O)C1CCn2nccc2C1. The number of nitrogens with zero attached hydrogens (tertiary/aromatic N) is 3. The van der Waals surface area contributed by atoms with E-state index < -0.39 is 0 Å². The minimum atomic E-state index is 0.0110. The van der Waals surface area contributed by atoms with Crippen LogP contribution in [-0.2, 0) is 24.3 Å². The predicted octanol–water partition coefficient (Wildman–Crippen LogP) is 1.12. The van der Waals surface area contributed by atoms with E-state index in [2.05, 4.69) is 10.4 Å². The van der Waals surface area contributed by atoms with Crippen LogP contribution in [0.2, 0.25) is 0 Å². The summed E-state index contributed by atoms with van der Waals surface area (Å²) >= 11 is 0. The maximum Gasteiger partial charge on any atom is 0.250 e. The van der Waals surface area contributed by atoms with Gasteiger partial charge in [0, 0.05) is 55.6 Å². The van der Waals surface area contributed by atoms with Crippen molar-refractivity contribution >= 4 is 5.91 Å². The van der Waals surface area contributed by atoms with Gasteiger partial charge in [-0.1, -0.05) is 6.07 Å². The maximum absolute atomic E-state index is 12.3. The molecule has 1 amide bonds. The van der Waals surface area contributed by atoms with Crippen LogP contribution in [0.25, 0.3) is 0 Å². The van der Waals surface area contributed by atoms with Crippen molar-refractivity contribution in [3.63, 3.8) is 0 Å². The Balaban J connectivity index is 1.46. The smallest absolute Gasteiger partial charge is 0.250 e. The van der Waals surface area contributed by atoms with Gasteiger partial charge in [-0.2, -0.15) is 5.10 Å². The second kappa shape index (κ2) is 6.81. The van der Waals surface area contributed by atoms with E-state index in [4.69, 9.17) is 0 Å². The number of carbonyl (C=O) groups is 1. The van der Waals surface area contributed by atoms with Crippen LogP contribution in [-0.4, -0.2) is 26.8 Å². The molecule has 122 valence electrons. The Morgan fingerprint density at radius 3 is 3.09 bits per heavy atom. The van der Waals surface area contributed by atoms with Crippen LogP contribution in [0.4, 0.5) is 0 Å². The zero-order valence-corrected chi connectivity index (χ0v) is 13.4. The zero-order valence-electron chi connectivity index (χ0n) is 13.4. The number of aryl methyl sites for hydroxylation is 2. The third-order valence-electron chi connectivity index (χ3n) is 4.45. The van der Waals surface area contributed by atoms with Gasteiger partial charge in [0.1, 0.15) is 0 Å². The molecule has 0 bridgehead atoms. The Labute approximate surface area is 135 Å². The molecule has 1 N–H and O–H groups in total. The number of fused-ring (bicyclic) bond motifs is 1. The van der Waals surface area contributed by atoms with Crippen molar-refractivity contribution in [2.24, 2.45) is 5.92 Å². The summed E-state index contributed by atoms with van der Waals surface area (Å²) in [5, 5.41) is 7.23. The quantitative estimate of drug-likeness (QED) is 0.841. The average Bonchev–Trinajstić information content (AvgIpc) is 3.01. The molecule has 3 heterocycles. The van der Waals surface area contributed by atoms with Crippen molar-refractivity contribution in [1.29, 1.82) is 0 Å². The number of aromatic nitrogens is 3. The van der Waals surface area contributed by atoms with E-state index in [-0.39, 0.29) is 17.4 Å². The number of pyridine rings is 1. The molecule has 1 aliphatic rings. The number of carbonyl (C=O) groups excluding carboxylic acids is 1. The second-order valence-corrected chi connectivity index (χ2v) is 6.04. The third kappa shape index (κ3) is 3.52. The summed E-state index contributed by atoms with van der Waals surface area (Å²) in [7, 11) is 0.